The zero-order valence-corrected chi connectivity index (χ0v) is 15.3. The highest BCUT2D eigenvalue weighted by Gasteiger charge is 2.23. The van der Waals surface area contributed by atoms with E-state index < -0.39 is 0 Å². The number of carbonyl (C=O) groups excluding carboxylic acids is 1. The Morgan fingerprint density at radius 3 is 2.40 bits per heavy atom. The van der Waals surface area contributed by atoms with Crippen molar-refractivity contribution >= 4 is 17.7 Å². The summed E-state index contributed by atoms with van der Waals surface area (Å²) in [5.41, 5.74) is 2.14. The van der Waals surface area contributed by atoms with Crippen LogP contribution in [0.5, 0.6) is 0 Å². The Labute approximate surface area is 154 Å². The van der Waals surface area contributed by atoms with Crippen molar-refractivity contribution in [3.8, 4) is 0 Å². The molecule has 0 N–H and O–H groups in total. The summed E-state index contributed by atoms with van der Waals surface area (Å²) in [7, 11) is 0. The molecule has 1 saturated heterocycles. The summed E-state index contributed by atoms with van der Waals surface area (Å²) < 4.78 is 0. The zero-order valence-electron chi connectivity index (χ0n) is 14.4. The average molecular weight is 353 g/mol. The highest BCUT2D eigenvalue weighted by atomic mass is 32.2. The number of piperazine rings is 1. The van der Waals surface area contributed by atoms with Gasteiger partial charge in [-0.25, -0.2) is 0 Å². The summed E-state index contributed by atoms with van der Waals surface area (Å²) in [6, 6.07) is 18.4. The number of carbonyl (C=O) groups is 1. The summed E-state index contributed by atoms with van der Waals surface area (Å²) in [5, 5.41) is 0. The minimum absolute atomic E-state index is 0.145. The van der Waals surface area contributed by atoms with Gasteiger partial charge in [-0.2, -0.15) is 0 Å². The van der Waals surface area contributed by atoms with Gasteiger partial charge in [0.1, 0.15) is 0 Å². The highest BCUT2D eigenvalue weighted by molar-refractivity contribution is 7.99. The normalized spacial score (nSPS) is 15.1. The molecule has 2 aromatic rings. The van der Waals surface area contributed by atoms with E-state index >= 15 is 0 Å². The zero-order chi connectivity index (χ0) is 17.5. The predicted octanol–water partition coefficient (Wildman–Crippen LogP) is 3.92. The first-order valence-electron chi connectivity index (χ1n) is 8.66. The number of nitrogens with zero attached hydrogens (tertiary/aromatic N) is 2. The Hall–Kier alpha value is -2.04. The van der Waals surface area contributed by atoms with E-state index in [9.17, 15) is 4.79 Å². The van der Waals surface area contributed by atoms with Crippen molar-refractivity contribution < 1.29 is 4.79 Å². The summed E-state index contributed by atoms with van der Waals surface area (Å²) in [6.45, 7) is 8.12. The van der Waals surface area contributed by atoms with Crippen LogP contribution in [0.25, 0.3) is 0 Å². The van der Waals surface area contributed by atoms with Gasteiger partial charge in [0.05, 0.1) is 5.56 Å². The Kier molecular flexibility index (Phi) is 6.31. The Balaban J connectivity index is 1.59. The maximum absolute atomic E-state index is 12.9. The molecule has 0 saturated carbocycles. The number of amides is 1. The first-order chi connectivity index (χ1) is 12.3. The van der Waals surface area contributed by atoms with Crippen LogP contribution in [0.4, 0.5) is 0 Å². The van der Waals surface area contributed by atoms with Crippen molar-refractivity contribution in [3.05, 3.63) is 78.4 Å². The molecule has 4 heteroatoms. The van der Waals surface area contributed by atoms with Gasteiger partial charge in [-0.1, -0.05) is 48.5 Å². The molecule has 1 aliphatic heterocycles. The van der Waals surface area contributed by atoms with Crippen molar-refractivity contribution in [3.63, 3.8) is 0 Å². The molecule has 0 atom stereocenters. The van der Waals surface area contributed by atoms with E-state index in [1.165, 1.54) is 5.56 Å². The van der Waals surface area contributed by atoms with Gasteiger partial charge in [0.15, 0.2) is 0 Å². The SMILES string of the molecule is C=CCSc1ccccc1C(=O)N1CCN(Cc2ccccc2)CC1. The molecular formula is C21H24N2OS. The number of thioether (sulfide) groups is 1. The summed E-state index contributed by atoms with van der Waals surface area (Å²) in [5.74, 6) is 0.960. The second-order valence-electron chi connectivity index (χ2n) is 6.15. The molecule has 3 rings (SSSR count). The van der Waals surface area contributed by atoms with E-state index in [2.05, 4.69) is 35.7 Å². The van der Waals surface area contributed by atoms with Gasteiger partial charge >= 0.3 is 0 Å². The molecule has 0 unspecified atom stereocenters. The summed E-state index contributed by atoms with van der Waals surface area (Å²) >= 11 is 1.67. The standard InChI is InChI=1S/C21H24N2OS/c1-2-16-25-20-11-7-6-10-19(20)21(24)23-14-12-22(13-15-23)17-18-8-4-3-5-9-18/h2-11H,1,12-17H2. The van der Waals surface area contributed by atoms with Gasteiger partial charge in [0.25, 0.3) is 5.91 Å². The van der Waals surface area contributed by atoms with Crippen LogP contribution in [-0.4, -0.2) is 47.6 Å². The van der Waals surface area contributed by atoms with E-state index in [-0.39, 0.29) is 5.91 Å². The minimum Gasteiger partial charge on any atom is -0.336 e. The maximum atomic E-state index is 12.9. The van der Waals surface area contributed by atoms with Crippen molar-refractivity contribution in [2.75, 3.05) is 31.9 Å². The van der Waals surface area contributed by atoms with E-state index in [1.54, 1.807) is 11.8 Å². The first kappa shape index (κ1) is 17.8. The van der Waals surface area contributed by atoms with Crippen molar-refractivity contribution in [1.82, 2.24) is 9.80 Å². The van der Waals surface area contributed by atoms with Crippen LogP contribution < -0.4 is 0 Å². The largest absolute Gasteiger partial charge is 0.336 e. The minimum atomic E-state index is 0.145. The lowest BCUT2D eigenvalue weighted by atomic mass is 10.1. The topological polar surface area (TPSA) is 23.6 Å². The highest BCUT2D eigenvalue weighted by Crippen LogP contribution is 2.24. The van der Waals surface area contributed by atoms with E-state index in [4.69, 9.17) is 0 Å². The third-order valence-corrected chi connectivity index (χ3v) is 5.45. The van der Waals surface area contributed by atoms with Gasteiger partial charge in [0.2, 0.25) is 0 Å². The van der Waals surface area contributed by atoms with Crippen LogP contribution in [-0.2, 0) is 6.54 Å². The van der Waals surface area contributed by atoms with E-state index in [0.29, 0.717) is 0 Å². The number of hydrogen-bond donors (Lipinski definition) is 0. The molecule has 130 valence electrons. The van der Waals surface area contributed by atoms with Gasteiger partial charge in [-0.15, -0.1) is 18.3 Å². The fourth-order valence-electron chi connectivity index (χ4n) is 3.04. The summed E-state index contributed by atoms with van der Waals surface area (Å²) in [4.78, 5) is 18.4. The number of rotatable bonds is 6. The van der Waals surface area contributed by atoms with Gasteiger partial charge in [0, 0.05) is 43.4 Å². The molecule has 1 heterocycles. The van der Waals surface area contributed by atoms with Crippen molar-refractivity contribution in [2.45, 2.75) is 11.4 Å². The fourth-order valence-corrected chi connectivity index (χ4v) is 3.82. The molecule has 25 heavy (non-hydrogen) atoms. The lowest BCUT2D eigenvalue weighted by molar-refractivity contribution is 0.0625. The lowest BCUT2D eigenvalue weighted by Gasteiger charge is -2.35. The number of benzene rings is 2. The van der Waals surface area contributed by atoms with Crippen LogP contribution >= 0.6 is 11.8 Å². The van der Waals surface area contributed by atoms with Crippen LogP contribution in [0.1, 0.15) is 15.9 Å². The maximum Gasteiger partial charge on any atom is 0.255 e. The molecule has 0 aromatic heterocycles. The first-order valence-corrected chi connectivity index (χ1v) is 9.65. The van der Waals surface area contributed by atoms with E-state index in [0.717, 1.165) is 48.9 Å². The fraction of sp³-hybridized carbons (Fsp3) is 0.286. The monoisotopic (exact) mass is 352 g/mol. The average Bonchev–Trinajstić information content (AvgIpc) is 2.67. The van der Waals surface area contributed by atoms with Gasteiger partial charge in [-0.05, 0) is 17.7 Å². The second-order valence-corrected chi connectivity index (χ2v) is 7.21. The molecular weight excluding hydrogens is 328 g/mol. The lowest BCUT2D eigenvalue weighted by Crippen LogP contribution is -2.48. The third-order valence-electron chi connectivity index (χ3n) is 4.38. The third kappa shape index (κ3) is 4.74. The molecule has 1 fully saturated rings. The van der Waals surface area contributed by atoms with Crippen LogP contribution in [0.3, 0.4) is 0 Å². The smallest absolute Gasteiger partial charge is 0.255 e. The molecule has 0 aliphatic carbocycles. The van der Waals surface area contributed by atoms with Gasteiger partial charge < -0.3 is 4.90 Å². The molecule has 0 radical (unpaired) electrons. The molecule has 1 amide bonds. The summed E-state index contributed by atoms with van der Waals surface area (Å²) in [6.07, 6.45) is 1.87. The second kappa shape index (κ2) is 8.88. The quantitative estimate of drug-likeness (QED) is 0.581. The van der Waals surface area contributed by atoms with Crippen molar-refractivity contribution in [1.29, 1.82) is 0 Å². The Morgan fingerprint density at radius 1 is 1.00 bits per heavy atom. The van der Waals surface area contributed by atoms with Crippen molar-refractivity contribution in [2.24, 2.45) is 0 Å². The molecule has 3 nitrogen and oxygen atoms in total. The van der Waals surface area contributed by atoms with Crippen LogP contribution in [0.2, 0.25) is 0 Å². The predicted molar refractivity (Wildman–Crippen MR) is 105 cm³/mol. The van der Waals surface area contributed by atoms with Crippen LogP contribution in [0.15, 0.2) is 72.1 Å². The van der Waals surface area contributed by atoms with E-state index in [1.807, 2.05) is 41.3 Å². The Bertz CT molecular complexity index is 709. The molecule has 0 bridgehead atoms. The molecule has 0 spiro atoms. The Morgan fingerprint density at radius 2 is 1.68 bits per heavy atom. The molecule has 1 aliphatic rings. The van der Waals surface area contributed by atoms with Crippen LogP contribution in [0, 0.1) is 0 Å². The number of hydrogen-bond acceptors (Lipinski definition) is 3. The van der Waals surface area contributed by atoms with Gasteiger partial charge in [-0.3, -0.25) is 9.69 Å². The molecule has 2 aromatic carbocycles.